The molecule has 0 heterocycles. The Kier molecular flexibility index (Phi) is 5.09. The summed E-state index contributed by atoms with van der Waals surface area (Å²) in [5.41, 5.74) is 4.22. The Morgan fingerprint density at radius 3 is 2.45 bits per heavy atom. The Bertz CT molecular complexity index is 515. The van der Waals surface area contributed by atoms with Gasteiger partial charge in [0, 0.05) is 11.3 Å². The second-order valence-electron chi connectivity index (χ2n) is 3.90. The average Bonchev–Trinajstić information content (AvgIpc) is 2.37. The van der Waals surface area contributed by atoms with Crippen molar-refractivity contribution in [2.75, 3.05) is 25.9 Å². The predicted octanol–water partition coefficient (Wildman–Crippen LogP) is 1.23. The largest absolute Gasteiger partial charge is 0.468 e. The number of carbonyl (C=O) groups is 2. The molecular weight excluding hydrogens is 277 g/mol. The zero-order valence-corrected chi connectivity index (χ0v) is 10.6. The lowest BCUT2D eigenvalue weighted by atomic mass is 10.1. The van der Waals surface area contributed by atoms with Crippen molar-refractivity contribution in [3.8, 4) is 0 Å². The molecule has 0 aromatic heterocycles. The third-order valence-electron chi connectivity index (χ3n) is 2.46. The van der Waals surface area contributed by atoms with Crippen LogP contribution in [0.3, 0.4) is 0 Å². The third kappa shape index (κ3) is 4.23. The van der Waals surface area contributed by atoms with Crippen molar-refractivity contribution < 1.29 is 27.5 Å². The Morgan fingerprint density at radius 1 is 1.30 bits per heavy atom. The Labute approximate surface area is 112 Å². The van der Waals surface area contributed by atoms with Gasteiger partial charge in [-0.3, -0.25) is 14.9 Å². The summed E-state index contributed by atoms with van der Waals surface area (Å²) >= 11 is 0. The summed E-state index contributed by atoms with van der Waals surface area (Å²) in [5.74, 6) is -1.07. The number of alkyl halides is 3. The summed E-state index contributed by atoms with van der Waals surface area (Å²) in [7, 11) is 1.19. The molecule has 1 rings (SSSR count). The highest BCUT2D eigenvalue weighted by Gasteiger charge is 2.31. The molecule has 5 nitrogen and oxygen atoms in total. The first kappa shape index (κ1) is 16.0. The van der Waals surface area contributed by atoms with Crippen molar-refractivity contribution >= 4 is 17.4 Å². The second-order valence-corrected chi connectivity index (χ2v) is 3.90. The molecule has 0 fully saturated rings. The Morgan fingerprint density at radius 2 is 1.95 bits per heavy atom. The van der Waals surface area contributed by atoms with Gasteiger partial charge in [-0.2, -0.15) is 13.2 Å². The second kappa shape index (κ2) is 6.38. The van der Waals surface area contributed by atoms with Crippen LogP contribution < -0.4 is 11.1 Å². The van der Waals surface area contributed by atoms with Gasteiger partial charge in [-0.25, -0.2) is 0 Å². The van der Waals surface area contributed by atoms with Crippen molar-refractivity contribution in [3.63, 3.8) is 0 Å². The van der Waals surface area contributed by atoms with Crippen LogP contribution in [0, 0.1) is 0 Å². The number of methoxy groups -OCH3 is 1. The van der Waals surface area contributed by atoms with Crippen LogP contribution in [0.4, 0.5) is 18.9 Å². The summed E-state index contributed by atoms with van der Waals surface area (Å²) in [5, 5.41) is 2.50. The van der Waals surface area contributed by atoms with Gasteiger partial charge in [-0.15, -0.1) is 0 Å². The number of nitrogens with one attached hydrogen (secondary N) is 1. The molecule has 20 heavy (non-hydrogen) atoms. The van der Waals surface area contributed by atoms with Crippen LogP contribution in [0.1, 0.15) is 15.9 Å². The minimum absolute atomic E-state index is 0.0321. The van der Waals surface area contributed by atoms with E-state index in [0.717, 1.165) is 12.1 Å². The SMILES string of the molecule is COC(=O)CNCC(=O)c1ccc(C(F)(F)F)cc1N. The maximum atomic E-state index is 12.4. The maximum absolute atomic E-state index is 12.4. The van der Waals surface area contributed by atoms with Crippen molar-refractivity contribution in [1.82, 2.24) is 5.32 Å². The van der Waals surface area contributed by atoms with Gasteiger partial charge >= 0.3 is 12.1 Å². The first-order valence-electron chi connectivity index (χ1n) is 5.53. The molecule has 0 saturated heterocycles. The number of benzene rings is 1. The molecule has 8 heteroatoms. The van der Waals surface area contributed by atoms with Crippen molar-refractivity contribution in [1.29, 1.82) is 0 Å². The number of carbonyl (C=O) groups excluding carboxylic acids is 2. The van der Waals surface area contributed by atoms with E-state index in [9.17, 15) is 22.8 Å². The molecule has 0 amide bonds. The number of anilines is 1. The van der Waals surface area contributed by atoms with E-state index in [4.69, 9.17) is 5.73 Å². The van der Waals surface area contributed by atoms with E-state index in [0.29, 0.717) is 6.07 Å². The minimum atomic E-state index is -4.52. The molecule has 0 aliphatic carbocycles. The molecule has 0 saturated carbocycles. The van der Waals surface area contributed by atoms with Gasteiger partial charge in [0.2, 0.25) is 0 Å². The van der Waals surface area contributed by atoms with Crippen LogP contribution in [-0.2, 0) is 15.7 Å². The van der Waals surface area contributed by atoms with Crippen LogP contribution >= 0.6 is 0 Å². The Balaban J connectivity index is 2.72. The summed E-state index contributed by atoms with van der Waals surface area (Å²) in [6, 6.07) is 2.50. The van der Waals surface area contributed by atoms with Gasteiger partial charge in [-0.05, 0) is 18.2 Å². The van der Waals surface area contributed by atoms with Crippen molar-refractivity contribution in [3.05, 3.63) is 29.3 Å². The van der Waals surface area contributed by atoms with E-state index in [2.05, 4.69) is 10.1 Å². The number of nitrogen functional groups attached to an aromatic ring is 1. The minimum Gasteiger partial charge on any atom is -0.468 e. The molecule has 0 bridgehead atoms. The molecule has 110 valence electrons. The first-order chi connectivity index (χ1) is 9.25. The highest BCUT2D eigenvalue weighted by Crippen LogP contribution is 2.31. The summed E-state index contributed by atoms with van der Waals surface area (Å²) in [4.78, 5) is 22.5. The summed E-state index contributed by atoms with van der Waals surface area (Å²) in [6.45, 7) is -0.409. The lowest BCUT2D eigenvalue weighted by Gasteiger charge is -2.10. The number of Topliss-reactive ketones (excluding diaryl/α,β-unsaturated/α-hetero) is 1. The van der Waals surface area contributed by atoms with E-state index in [1.807, 2.05) is 0 Å². The van der Waals surface area contributed by atoms with E-state index >= 15 is 0 Å². The molecule has 0 spiro atoms. The fraction of sp³-hybridized carbons (Fsp3) is 0.333. The van der Waals surface area contributed by atoms with E-state index in [1.165, 1.54) is 7.11 Å². The quantitative estimate of drug-likeness (QED) is 0.484. The number of rotatable bonds is 5. The third-order valence-corrected chi connectivity index (χ3v) is 2.46. The fourth-order valence-corrected chi connectivity index (χ4v) is 1.44. The van der Waals surface area contributed by atoms with Gasteiger partial charge in [0.25, 0.3) is 0 Å². The molecular formula is C12H13F3N2O3. The Hall–Kier alpha value is -2.09. The maximum Gasteiger partial charge on any atom is 0.416 e. The van der Waals surface area contributed by atoms with Gasteiger partial charge in [-0.1, -0.05) is 0 Å². The highest BCUT2D eigenvalue weighted by atomic mass is 19.4. The van der Waals surface area contributed by atoms with E-state index < -0.39 is 23.5 Å². The topological polar surface area (TPSA) is 81.4 Å². The molecule has 0 unspecified atom stereocenters. The van der Waals surface area contributed by atoms with Crippen LogP contribution in [-0.4, -0.2) is 32.0 Å². The predicted molar refractivity (Wildman–Crippen MR) is 65.1 cm³/mol. The molecule has 0 radical (unpaired) electrons. The standard InChI is InChI=1S/C12H13F3N2O3/c1-20-11(19)6-17-5-10(18)8-3-2-7(4-9(8)16)12(13,14)15/h2-4,17H,5-6,16H2,1H3. The summed E-state index contributed by atoms with van der Waals surface area (Å²) in [6.07, 6.45) is -4.52. The number of ether oxygens (including phenoxy) is 1. The van der Waals surface area contributed by atoms with Crippen LogP contribution in [0.2, 0.25) is 0 Å². The number of hydrogen-bond acceptors (Lipinski definition) is 5. The lowest BCUT2D eigenvalue weighted by molar-refractivity contribution is -0.139. The normalized spacial score (nSPS) is 11.2. The van der Waals surface area contributed by atoms with Crippen LogP contribution in [0.5, 0.6) is 0 Å². The van der Waals surface area contributed by atoms with E-state index in [-0.39, 0.29) is 24.3 Å². The fourth-order valence-electron chi connectivity index (χ4n) is 1.44. The monoisotopic (exact) mass is 290 g/mol. The highest BCUT2D eigenvalue weighted by molar-refractivity contribution is 6.02. The molecule has 0 aliphatic rings. The molecule has 0 atom stereocenters. The first-order valence-corrected chi connectivity index (χ1v) is 5.53. The zero-order chi connectivity index (χ0) is 15.3. The molecule has 1 aromatic carbocycles. The molecule has 0 aliphatic heterocycles. The van der Waals surface area contributed by atoms with Crippen molar-refractivity contribution in [2.24, 2.45) is 0 Å². The zero-order valence-electron chi connectivity index (χ0n) is 10.6. The number of nitrogens with two attached hydrogens (primary N) is 1. The molecule has 3 N–H and O–H groups in total. The van der Waals surface area contributed by atoms with Crippen molar-refractivity contribution in [2.45, 2.75) is 6.18 Å². The number of halogens is 3. The molecule has 1 aromatic rings. The van der Waals surface area contributed by atoms with Gasteiger partial charge in [0.15, 0.2) is 5.78 Å². The van der Waals surface area contributed by atoms with Gasteiger partial charge < -0.3 is 10.5 Å². The number of esters is 1. The average molecular weight is 290 g/mol. The summed E-state index contributed by atoms with van der Waals surface area (Å²) < 4.78 is 41.6. The van der Waals surface area contributed by atoms with Crippen LogP contribution in [0.25, 0.3) is 0 Å². The van der Waals surface area contributed by atoms with Gasteiger partial charge in [0.1, 0.15) is 0 Å². The lowest BCUT2D eigenvalue weighted by Crippen LogP contribution is -2.29. The van der Waals surface area contributed by atoms with Crippen LogP contribution in [0.15, 0.2) is 18.2 Å². The number of ketones is 1. The smallest absolute Gasteiger partial charge is 0.416 e. The number of hydrogen-bond donors (Lipinski definition) is 2. The van der Waals surface area contributed by atoms with E-state index in [1.54, 1.807) is 0 Å². The van der Waals surface area contributed by atoms with Gasteiger partial charge in [0.05, 0.1) is 25.8 Å².